The Kier molecular flexibility index (Phi) is 7.71. The summed E-state index contributed by atoms with van der Waals surface area (Å²) in [5.41, 5.74) is 1.08. The predicted molar refractivity (Wildman–Crippen MR) is 110 cm³/mol. The molecule has 2 aromatic carbocycles. The molecule has 0 aromatic heterocycles. The second-order valence-electron chi connectivity index (χ2n) is 5.32. The first-order valence-electron chi connectivity index (χ1n) is 8.26. The molecule has 2 aromatic rings. The van der Waals surface area contributed by atoms with E-state index in [2.05, 4.69) is 21.2 Å². The van der Waals surface area contributed by atoms with Crippen LogP contribution in [-0.2, 0) is 4.79 Å². The highest BCUT2D eigenvalue weighted by Crippen LogP contribution is 2.35. The van der Waals surface area contributed by atoms with E-state index in [0.717, 1.165) is 0 Å². The molecule has 0 aliphatic rings. The molecule has 0 heterocycles. The molecule has 0 bridgehead atoms. The number of benzene rings is 2. The van der Waals surface area contributed by atoms with Gasteiger partial charge >= 0.3 is 0 Å². The van der Waals surface area contributed by atoms with Crippen LogP contribution in [0.1, 0.15) is 19.4 Å². The summed E-state index contributed by atoms with van der Waals surface area (Å²) in [4.78, 5) is 12.4. The highest BCUT2D eigenvalue weighted by Gasteiger charge is 2.14. The van der Waals surface area contributed by atoms with E-state index in [0.29, 0.717) is 45.5 Å². The second kappa shape index (κ2) is 10.0. The maximum absolute atomic E-state index is 12.4. The number of carbonyl (C=O) groups is 1. The first-order valence-corrected chi connectivity index (χ1v) is 9.43. The van der Waals surface area contributed by atoms with E-state index in [1.807, 2.05) is 19.9 Å². The Morgan fingerprint density at radius 3 is 2.48 bits per heavy atom. The van der Waals surface area contributed by atoms with Crippen molar-refractivity contribution in [2.75, 3.05) is 18.5 Å². The summed E-state index contributed by atoms with van der Waals surface area (Å²) in [6.45, 7) is 4.70. The van der Waals surface area contributed by atoms with Crippen molar-refractivity contribution in [1.82, 2.24) is 0 Å². The van der Waals surface area contributed by atoms with E-state index in [9.17, 15) is 10.1 Å². The zero-order valence-corrected chi connectivity index (χ0v) is 17.2. The van der Waals surface area contributed by atoms with Gasteiger partial charge in [0, 0.05) is 15.2 Å². The minimum atomic E-state index is -0.529. The Balaban J connectivity index is 2.34. The molecule has 0 unspecified atom stereocenters. The van der Waals surface area contributed by atoms with E-state index in [1.54, 1.807) is 36.4 Å². The van der Waals surface area contributed by atoms with Gasteiger partial charge in [-0.15, -0.1) is 0 Å². The molecule has 0 radical (unpaired) electrons. The number of anilines is 1. The number of nitrogens with zero attached hydrogens (tertiary/aromatic N) is 1. The lowest BCUT2D eigenvalue weighted by Crippen LogP contribution is -2.13. The first-order chi connectivity index (χ1) is 13.0. The Hall–Kier alpha value is -2.49. The summed E-state index contributed by atoms with van der Waals surface area (Å²) in [6, 6.07) is 12.1. The number of ether oxygens (including phenoxy) is 2. The number of rotatable bonds is 7. The molecular weight excluding hydrogens is 432 g/mol. The van der Waals surface area contributed by atoms with Crippen LogP contribution >= 0.6 is 27.5 Å². The lowest BCUT2D eigenvalue weighted by Gasteiger charge is -2.13. The van der Waals surface area contributed by atoms with Crippen molar-refractivity contribution in [2.45, 2.75) is 13.8 Å². The Bertz CT molecular complexity index is 907. The van der Waals surface area contributed by atoms with Crippen molar-refractivity contribution < 1.29 is 14.3 Å². The van der Waals surface area contributed by atoms with Crippen LogP contribution in [0.5, 0.6) is 11.5 Å². The number of halogens is 2. The molecule has 1 amide bonds. The topological polar surface area (TPSA) is 71.3 Å². The van der Waals surface area contributed by atoms with Crippen LogP contribution in [0.2, 0.25) is 5.02 Å². The first kappa shape index (κ1) is 20.8. The largest absolute Gasteiger partial charge is 0.490 e. The monoisotopic (exact) mass is 448 g/mol. The van der Waals surface area contributed by atoms with E-state index >= 15 is 0 Å². The smallest absolute Gasteiger partial charge is 0.266 e. The van der Waals surface area contributed by atoms with Gasteiger partial charge < -0.3 is 14.8 Å². The molecule has 5 nitrogen and oxygen atoms in total. The van der Waals surface area contributed by atoms with Crippen molar-refractivity contribution in [2.24, 2.45) is 0 Å². The lowest BCUT2D eigenvalue weighted by atomic mass is 10.1. The predicted octanol–water partition coefficient (Wildman–Crippen LogP) is 5.45. The lowest BCUT2D eigenvalue weighted by molar-refractivity contribution is -0.112. The van der Waals surface area contributed by atoms with E-state index in [4.69, 9.17) is 21.1 Å². The maximum atomic E-state index is 12.4. The molecule has 7 heteroatoms. The fourth-order valence-corrected chi connectivity index (χ4v) is 2.89. The maximum Gasteiger partial charge on any atom is 0.266 e. The molecule has 1 N–H and O–H groups in total. The number of hydrogen-bond acceptors (Lipinski definition) is 4. The van der Waals surface area contributed by atoms with Gasteiger partial charge in [-0.3, -0.25) is 4.79 Å². The van der Waals surface area contributed by atoms with Gasteiger partial charge in [0.25, 0.3) is 5.91 Å². The van der Waals surface area contributed by atoms with Crippen LogP contribution in [-0.4, -0.2) is 19.1 Å². The van der Waals surface area contributed by atoms with Crippen LogP contribution in [0, 0.1) is 11.3 Å². The summed E-state index contributed by atoms with van der Waals surface area (Å²) in [7, 11) is 0. The fraction of sp³-hybridized carbons (Fsp3) is 0.200. The Morgan fingerprint density at radius 2 is 1.89 bits per heavy atom. The van der Waals surface area contributed by atoms with E-state index < -0.39 is 5.91 Å². The zero-order valence-electron chi connectivity index (χ0n) is 14.9. The SMILES string of the molecule is CCOc1cc(Br)c(/C=C(\C#N)C(=O)Nc2cccc(Cl)c2)cc1OCC. The van der Waals surface area contributed by atoms with Gasteiger partial charge in [-0.2, -0.15) is 5.26 Å². The summed E-state index contributed by atoms with van der Waals surface area (Å²) in [6.07, 6.45) is 1.49. The molecule has 0 fully saturated rings. The average molecular weight is 450 g/mol. The third kappa shape index (κ3) is 5.75. The molecule has 140 valence electrons. The fourth-order valence-electron chi connectivity index (χ4n) is 2.27. The number of carbonyl (C=O) groups excluding carboxylic acids is 1. The number of nitriles is 1. The number of amides is 1. The third-order valence-corrected chi connectivity index (χ3v) is 4.33. The number of nitrogens with one attached hydrogen (secondary N) is 1. The van der Waals surface area contributed by atoms with Crippen LogP contribution in [0.25, 0.3) is 6.08 Å². The van der Waals surface area contributed by atoms with Crippen molar-refractivity contribution in [3.8, 4) is 17.6 Å². The van der Waals surface area contributed by atoms with Crippen molar-refractivity contribution in [3.05, 3.63) is 57.0 Å². The van der Waals surface area contributed by atoms with Crippen LogP contribution in [0.4, 0.5) is 5.69 Å². The van der Waals surface area contributed by atoms with Gasteiger partial charge in [-0.25, -0.2) is 0 Å². The highest BCUT2D eigenvalue weighted by atomic mass is 79.9. The molecule has 0 aliphatic heterocycles. The Labute approximate surface area is 171 Å². The molecule has 0 saturated carbocycles. The summed E-state index contributed by atoms with van der Waals surface area (Å²) in [5.74, 6) is 0.602. The second-order valence-corrected chi connectivity index (χ2v) is 6.61. The van der Waals surface area contributed by atoms with Crippen LogP contribution in [0.15, 0.2) is 46.4 Å². The van der Waals surface area contributed by atoms with Gasteiger partial charge in [0.1, 0.15) is 11.6 Å². The third-order valence-electron chi connectivity index (χ3n) is 3.41. The van der Waals surface area contributed by atoms with Crippen molar-refractivity contribution in [1.29, 1.82) is 5.26 Å². The molecule has 0 saturated heterocycles. The molecule has 2 rings (SSSR count). The molecule has 27 heavy (non-hydrogen) atoms. The zero-order chi connectivity index (χ0) is 19.8. The van der Waals surface area contributed by atoms with E-state index in [-0.39, 0.29) is 5.57 Å². The molecule has 0 atom stereocenters. The van der Waals surface area contributed by atoms with Gasteiger partial charge in [0.05, 0.1) is 13.2 Å². The van der Waals surface area contributed by atoms with Crippen LogP contribution < -0.4 is 14.8 Å². The van der Waals surface area contributed by atoms with Crippen molar-refractivity contribution in [3.63, 3.8) is 0 Å². The van der Waals surface area contributed by atoms with Gasteiger partial charge in [-0.1, -0.05) is 33.6 Å². The minimum absolute atomic E-state index is 0.0534. The minimum Gasteiger partial charge on any atom is -0.490 e. The quantitative estimate of drug-likeness (QED) is 0.451. The van der Waals surface area contributed by atoms with Crippen molar-refractivity contribution >= 4 is 45.2 Å². The summed E-state index contributed by atoms with van der Waals surface area (Å²) < 4.78 is 11.8. The van der Waals surface area contributed by atoms with Gasteiger partial charge in [0.15, 0.2) is 11.5 Å². The Morgan fingerprint density at radius 1 is 1.22 bits per heavy atom. The van der Waals surface area contributed by atoms with Crippen LogP contribution in [0.3, 0.4) is 0 Å². The van der Waals surface area contributed by atoms with E-state index in [1.165, 1.54) is 6.08 Å². The highest BCUT2D eigenvalue weighted by molar-refractivity contribution is 9.10. The number of hydrogen-bond donors (Lipinski definition) is 1. The molecule has 0 aliphatic carbocycles. The molecular formula is C20H18BrClN2O3. The normalized spacial score (nSPS) is 10.9. The standard InChI is InChI=1S/C20H18BrClN2O3/c1-3-26-18-9-13(17(21)11-19(18)27-4-2)8-14(12-23)20(25)24-16-7-5-6-15(22)10-16/h5-11H,3-4H2,1-2H3,(H,24,25)/b14-8+. The molecule has 0 spiro atoms. The summed E-state index contributed by atoms with van der Waals surface area (Å²) in [5, 5.41) is 12.6. The summed E-state index contributed by atoms with van der Waals surface area (Å²) >= 11 is 9.36. The van der Waals surface area contributed by atoms with Gasteiger partial charge in [0.2, 0.25) is 0 Å². The average Bonchev–Trinajstić information content (AvgIpc) is 2.63. The van der Waals surface area contributed by atoms with Gasteiger partial charge in [-0.05, 0) is 55.8 Å².